The molecule has 0 atom stereocenters. The molecule has 32 heavy (non-hydrogen) atoms. The number of ether oxygens (including phenoxy) is 2. The van der Waals surface area contributed by atoms with Crippen molar-refractivity contribution in [2.24, 2.45) is 11.8 Å². The number of fused-ring (bicyclic) bond motifs is 1. The zero-order valence-corrected chi connectivity index (χ0v) is 18.3. The average molecular weight is 439 g/mol. The standard InChI is InChI=1S/C25H30N2O5/c28-23-11-22(14-26-12-20-3-1-2-4-21(20)13-26)30-17-24(23)31-15-19-7-9-27(10-8-19)25(29)32-16-18-5-6-18/h1-4,11,17-19H,5-10,12-16H2. The first-order valence-electron chi connectivity index (χ1n) is 11.6. The van der Waals surface area contributed by atoms with E-state index in [4.69, 9.17) is 13.9 Å². The molecule has 2 fully saturated rings. The number of carbonyl (C=O) groups is 1. The van der Waals surface area contributed by atoms with Gasteiger partial charge in [0, 0.05) is 32.2 Å². The van der Waals surface area contributed by atoms with Crippen LogP contribution in [0.3, 0.4) is 0 Å². The van der Waals surface area contributed by atoms with Gasteiger partial charge in [-0.05, 0) is 48.6 Å². The summed E-state index contributed by atoms with van der Waals surface area (Å²) in [7, 11) is 0. The summed E-state index contributed by atoms with van der Waals surface area (Å²) < 4.78 is 16.8. The zero-order chi connectivity index (χ0) is 21.9. The Hall–Kier alpha value is -2.80. The Kier molecular flexibility index (Phi) is 6.17. The largest absolute Gasteiger partial charge is 0.486 e. The fourth-order valence-corrected chi connectivity index (χ4v) is 4.42. The van der Waals surface area contributed by atoms with Crippen molar-refractivity contribution < 1.29 is 18.7 Å². The van der Waals surface area contributed by atoms with Gasteiger partial charge in [0.25, 0.3) is 0 Å². The van der Waals surface area contributed by atoms with Crippen molar-refractivity contribution >= 4 is 6.09 Å². The molecule has 1 saturated carbocycles. The first-order chi connectivity index (χ1) is 15.6. The quantitative estimate of drug-likeness (QED) is 0.655. The van der Waals surface area contributed by atoms with Gasteiger partial charge < -0.3 is 18.8 Å². The third-order valence-electron chi connectivity index (χ3n) is 6.62. The minimum atomic E-state index is -0.200. The molecule has 1 aromatic carbocycles. The highest BCUT2D eigenvalue weighted by Crippen LogP contribution is 2.29. The lowest BCUT2D eigenvalue weighted by Gasteiger charge is -2.31. The number of hydrogen-bond acceptors (Lipinski definition) is 6. The van der Waals surface area contributed by atoms with Crippen LogP contribution in [-0.2, 0) is 24.4 Å². The van der Waals surface area contributed by atoms with Crippen LogP contribution in [-0.4, -0.2) is 42.2 Å². The molecule has 0 spiro atoms. The minimum absolute atomic E-state index is 0.149. The van der Waals surface area contributed by atoms with E-state index in [2.05, 4.69) is 29.2 Å². The van der Waals surface area contributed by atoms with Gasteiger partial charge in [0.2, 0.25) is 11.2 Å². The van der Waals surface area contributed by atoms with Crippen molar-refractivity contribution in [1.29, 1.82) is 0 Å². The summed E-state index contributed by atoms with van der Waals surface area (Å²) in [6.07, 6.45) is 5.27. The van der Waals surface area contributed by atoms with E-state index in [1.165, 1.54) is 36.3 Å². The Morgan fingerprint density at radius 2 is 1.69 bits per heavy atom. The summed E-state index contributed by atoms with van der Waals surface area (Å²) in [5.41, 5.74) is 2.51. The normalized spacial score (nSPS) is 19.1. The van der Waals surface area contributed by atoms with Gasteiger partial charge in [-0.15, -0.1) is 0 Å². The van der Waals surface area contributed by atoms with Gasteiger partial charge in [-0.25, -0.2) is 4.79 Å². The van der Waals surface area contributed by atoms with E-state index in [1.807, 2.05) is 0 Å². The SMILES string of the molecule is O=C(OCC1CC1)N1CCC(COc2coc(CN3Cc4ccccc4C3)cc2=O)CC1. The molecule has 1 saturated heterocycles. The Labute approximate surface area is 187 Å². The van der Waals surface area contributed by atoms with Crippen molar-refractivity contribution in [3.8, 4) is 5.75 Å². The second-order valence-electron chi connectivity index (χ2n) is 9.25. The van der Waals surface area contributed by atoms with Crippen LogP contribution in [0.2, 0.25) is 0 Å². The number of likely N-dealkylation sites (tertiary alicyclic amines) is 1. The van der Waals surface area contributed by atoms with E-state index < -0.39 is 0 Å². The lowest BCUT2D eigenvalue weighted by Crippen LogP contribution is -2.40. The molecule has 170 valence electrons. The van der Waals surface area contributed by atoms with Gasteiger partial charge in [0.15, 0.2) is 0 Å². The van der Waals surface area contributed by atoms with Gasteiger partial charge in [-0.1, -0.05) is 24.3 Å². The van der Waals surface area contributed by atoms with E-state index in [9.17, 15) is 9.59 Å². The van der Waals surface area contributed by atoms with E-state index in [0.717, 1.165) is 25.9 Å². The average Bonchev–Trinajstić information content (AvgIpc) is 3.55. The Bertz CT molecular complexity index is 982. The molecule has 2 aromatic rings. The number of benzene rings is 1. The van der Waals surface area contributed by atoms with Crippen LogP contribution in [0.25, 0.3) is 0 Å². The molecular weight excluding hydrogens is 408 g/mol. The van der Waals surface area contributed by atoms with Crippen LogP contribution >= 0.6 is 0 Å². The molecule has 3 aliphatic rings. The second-order valence-corrected chi connectivity index (χ2v) is 9.25. The number of hydrogen-bond donors (Lipinski definition) is 0. The van der Waals surface area contributed by atoms with Crippen LogP contribution < -0.4 is 10.2 Å². The molecule has 0 N–H and O–H groups in total. The van der Waals surface area contributed by atoms with Crippen LogP contribution in [0.4, 0.5) is 4.79 Å². The number of carbonyl (C=O) groups excluding carboxylic acids is 1. The number of piperidine rings is 1. The number of rotatable bonds is 7. The van der Waals surface area contributed by atoms with Crippen LogP contribution in [0.5, 0.6) is 5.75 Å². The summed E-state index contributed by atoms with van der Waals surface area (Å²) in [6.45, 7) is 4.68. The van der Waals surface area contributed by atoms with Crippen LogP contribution in [0.1, 0.15) is 42.6 Å². The summed E-state index contributed by atoms with van der Waals surface area (Å²) in [5.74, 6) is 1.79. The molecule has 1 aromatic heterocycles. The van der Waals surface area contributed by atoms with E-state index in [1.54, 1.807) is 4.90 Å². The molecule has 7 nitrogen and oxygen atoms in total. The highest BCUT2D eigenvalue weighted by atomic mass is 16.6. The Morgan fingerprint density at radius 1 is 1.00 bits per heavy atom. The van der Waals surface area contributed by atoms with Crippen molar-refractivity contribution in [1.82, 2.24) is 9.80 Å². The van der Waals surface area contributed by atoms with Crippen LogP contribution in [0.15, 0.2) is 45.8 Å². The Balaban J connectivity index is 1.06. The maximum atomic E-state index is 12.5. The molecule has 1 aliphatic carbocycles. The molecule has 7 heteroatoms. The molecule has 0 radical (unpaired) electrons. The van der Waals surface area contributed by atoms with Crippen molar-refractivity contribution in [2.75, 3.05) is 26.3 Å². The fraction of sp³-hybridized carbons (Fsp3) is 0.520. The third-order valence-corrected chi connectivity index (χ3v) is 6.62. The van der Waals surface area contributed by atoms with Gasteiger partial charge >= 0.3 is 6.09 Å². The summed E-state index contributed by atoms with van der Waals surface area (Å²) in [6, 6.07) is 9.93. The van der Waals surface area contributed by atoms with E-state index in [0.29, 0.717) is 50.4 Å². The minimum Gasteiger partial charge on any atom is -0.486 e. The lowest BCUT2D eigenvalue weighted by molar-refractivity contribution is 0.0776. The molecular formula is C25H30N2O5. The lowest BCUT2D eigenvalue weighted by atomic mass is 9.98. The van der Waals surface area contributed by atoms with Gasteiger partial charge in [-0.2, -0.15) is 0 Å². The maximum absolute atomic E-state index is 12.5. The van der Waals surface area contributed by atoms with Crippen molar-refractivity contribution in [3.05, 3.63) is 63.7 Å². The summed E-state index contributed by atoms with van der Waals surface area (Å²) >= 11 is 0. The topological polar surface area (TPSA) is 72.2 Å². The van der Waals surface area contributed by atoms with Crippen molar-refractivity contribution in [3.63, 3.8) is 0 Å². The summed E-state index contributed by atoms with van der Waals surface area (Å²) in [4.78, 5) is 28.6. The molecule has 2 aliphatic heterocycles. The first-order valence-corrected chi connectivity index (χ1v) is 11.6. The van der Waals surface area contributed by atoms with E-state index >= 15 is 0 Å². The fourth-order valence-electron chi connectivity index (χ4n) is 4.42. The molecule has 5 rings (SSSR count). The Morgan fingerprint density at radius 3 is 2.34 bits per heavy atom. The predicted octanol–water partition coefficient (Wildman–Crippen LogP) is 3.79. The van der Waals surface area contributed by atoms with Crippen LogP contribution in [0, 0.1) is 11.8 Å². The first kappa shape index (κ1) is 21.1. The molecule has 3 heterocycles. The molecule has 0 bridgehead atoms. The molecule has 1 amide bonds. The van der Waals surface area contributed by atoms with E-state index in [-0.39, 0.29) is 17.3 Å². The zero-order valence-electron chi connectivity index (χ0n) is 18.3. The summed E-state index contributed by atoms with van der Waals surface area (Å²) in [5, 5.41) is 0. The van der Waals surface area contributed by atoms with Crippen molar-refractivity contribution in [2.45, 2.75) is 45.3 Å². The highest BCUT2D eigenvalue weighted by Gasteiger charge is 2.27. The van der Waals surface area contributed by atoms with Gasteiger partial charge in [0.1, 0.15) is 12.0 Å². The molecule has 0 unspecified atom stereocenters. The third kappa shape index (κ3) is 5.15. The second kappa shape index (κ2) is 9.36. The predicted molar refractivity (Wildman–Crippen MR) is 118 cm³/mol. The van der Waals surface area contributed by atoms with Gasteiger partial charge in [0.05, 0.1) is 19.8 Å². The smallest absolute Gasteiger partial charge is 0.409 e. The highest BCUT2D eigenvalue weighted by molar-refractivity contribution is 5.67. The maximum Gasteiger partial charge on any atom is 0.409 e. The monoisotopic (exact) mass is 438 g/mol. The van der Waals surface area contributed by atoms with Gasteiger partial charge in [-0.3, -0.25) is 9.69 Å². The number of nitrogens with zero attached hydrogens (tertiary/aromatic N) is 2. The number of amides is 1.